The Morgan fingerprint density at radius 1 is 1.36 bits per heavy atom. The van der Waals surface area contributed by atoms with E-state index in [-0.39, 0.29) is 0 Å². The molecule has 0 unspecified atom stereocenters. The van der Waals surface area contributed by atoms with Crippen LogP contribution in [0.3, 0.4) is 0 Å². The Balaban J connectivity index is 1.77. The molecule has 0 bridgehead atoms. The van der Waals surface area contributed by atoms with Crippen molar-refractivity contribution in [2.45, 2.75) is 32.1 Å². The molecule has 0 radical (unpaired) electrons. The van der Waals surface area contributed by atoms with Gasteiger partial charge in [0, 0.05) is 13.0 Å². The molecule has 1 rings (SSSR count). The zero-order valence-electron chi connectivity index (χ0n) is 7.10. The van der Waals surface area contributed by atoms with Gasteiger partial charge < -0.3 is 5.32 Å². The summed E-state index contributed by atoms with van der Waals surface area (Å²) in [6, 6.07) is 0. The maximum absolute atomic E-state index is 5.12. The lowest BCUT2D eigenvalue weighted by Gasteiger charge is -2.25. The van der Waals surface area contributed by atoms with E-state index in [4.69, 9.17) is 6.42 Å². The summed E-state index contributed by atoms with van der Waals surface area (Å²) in [7, 11) is 0. The Labute approximate surface area is 69.6 Å². The Hall–Kier alpha value is -0.480. The standard InChI is InChI=1S/C10H17N/c1-2-3-8-11-9-7-10-5-4-6-10/h1,10-11H,3-9H2. The van der Waals surface area contributed by atoms with Crippen molar-refractivity contribution < 1.29 is 0 Å². The zero-order chi connectivity index (χ0) is 7.94. The molecule has 1 fully saturated rings. The average molecular weight is 151 g/mol. The van der Waals surface area contributed by atoms with Crippen LogP contribution in [0.15, 0.2) is 0 Å². The van der Waals surface area contributed by atoms with E-state index in [0.717, 1.165) is 25.4 Å². The quantitative estimate of drug-likeness (QED) is 0.466. The molecule has 1 N–H and O–H groups in total. The maximum Gasteiger partial charge on any atom is 0.0211 e. The van der Waals surface area contributed by atoms with Gasteiger partial charge in [-0.05, 0) is 18.9 Å². The van der Waals surface area contributed by atoms with Crippen LogP contribution >= 0.6 is 0 Å². The zero-order valence-corrected chi connectivity index (χ0v) is 7.10. The van der Waals surface area contributed by atoms with Crippen molar-refractivity contribution in [2.24, 2.45) is 5.92 Å². The van der Waals surface area contributed by atoms with E-state index >= 15 is 0 Å². The van der Waals surface area contributed by atoms with Gasteiger partial charge in [-0.25, -0.2) is 0 Å². The van der Waals surface area contributed by atoms with Gasteiger partial charge in [0.1, 0.15) is 0 Å². The van der Waals surface area contributed by atoms with Gasteiger partial charge in [-0.2, -0.15) is 0 Å². The highest BCUT2D eigenvalue weighted by Gasteiger charge is 2.15. The van der Waals surface area contributed by atoms with Crippen LogP contribution in [0.1, 0.15) is 32.1 Å². The summed E-state index contributed by atoms with van der Waals surface area (Å²) in [5.41, 5.74) is 0. The van der Waals surface area contributed by atoms with Crippen LogP contribution in [0.5, 0.6) is 0 Å². The summed E-state index contributed by atoms with van der Waals surface area (Å²) in [5.74, 6) is 3.64. The molecule has 1 heteroatoms. The molecule has 0 amide bonds. The first-order valence-electron chi connectivity index (χ1n) is 4.57. The third-order valence-electron chi connectivity index (χ3n) is 2.40. The van der Waals surface area contributed by atoms with Gasteiger partial charge in [0.25, 0.3) is 0 Å². The van der Waals surface area contributed by atoms with E-state index in [2.05, 4.69) is 11.2 Å². The van der Waals surface area contributed by atoms with E-state index in [9.17, 15) is 0 Å². The minimum absolute atomic E-state index is 0.866. The summed E-state index contributed by atoms with van der Waals surface area (Å²) < 4.78 is 0. The first-order valence-corrected chi connectivity index (χ1v) is 4.57. The molecule has 1 saturated carbocycles. The minimum Gasteiger partial charge on any atom is -0.316 e. The fourth-order valence-electron chi connectivity index (χ4n) is 1.37. The second-order valence-electron chi connectivity index (χ2n) is 3.29. The van der Waals surface area contributed by atoms with Gasteiger partial charge in [0.05, 0.1) is 0 Å². The average Bonchev–Trinajstić information content (AvgIpc) is 1.93. The summed E-state index contributed by atoms with van der Waals surface area (Å²) >= 11 is 0. The molecule has 0 aliphatic heterocycles. The van der Waals surface area contributed by atoms with Crippen molar-refractivity contribution in [1.82, 2.24) is 5.32 Å². The van der Waals surface area contributed by atoms with Gasteiger partial charge in [0.15, 0.2) is 0 Å². The highest BCUT2D eigenvalue weighted by Crippen LogP contribution is 2.28. The molecular weight excluding hydrogens is 134 g/mol. The van der Waals surface area contributed by atoms with Crippen LogP contribution in [-0.4, -0.2) is 13.1 Å². The number of terminal acetylenes is 1. The summed E-state index contributed by atoms with van der Waals surface area (Å²) in [5, 5.41) is 3.34. The summed E-state index contributed by atoms with van der Waals surface area (Å²) in [6.45, 7) is 2.15. The maximum atomic E-state index is 5.12. The number of rotatable bonds is 5. The van der Waals surface area contributed by atoms with Gasteiger partial charge in [-0.3, -0.25) is 0 Å². The second kappa shape index (κ2) is 5.21. The SMILES string of the molecule is C#CCCNCCC1CCC1. The molecule has 0 aromatic carbocycles. The molecule has 0 spiro atoms. The molecule has 1 aliphatic carbocycles. The molecule has 0 saturated heterocycles. The molecule has 62 valence electrons. The normalized spacial score (nSPS) is 17.4. The monoisotopic (exact) mass is 151 g/mol. The highest BCUT2D eigenvalue weighted by atomic mass is 14.8. The number of nitrogens with one attached hydrogen (secondary N) is 1. The minimum atomic E-state index is 0.866. The summed E-state index contributed by atoms with van der Waals surface area (Å²) in [4.78, 5) is 0. The first-order chi connectivity index (χ1) is 5.43. The summed E-state index contributed by atoms with van der Waals surface area (Å²) in [6.07, 6.45) is 11.7. The largest absolute Gasteiger partial charge is 0.316 e. The lowest BCUT2D eigenvalue weighted by molar-refractivity contribution is 0.292. The highest BCUT2D eigenvalue weighted by molar-refractivity contribution is 4.84. The number of hydrogen-bond donors (Lipinski definition) is 1. The molecule has 0 aromatic heterocycles. The van der Waals surface area contributed by atoms with Crippen LogP contribution in [0.2, 0.25) is 0 Å². The van der Waals surface area contributed by atoms with E-state index in [1.54, 1.807) is 0 Å². The van der Waals surface area contributed by atoms with Crippen LogP contribution < -0.4 is 5.32 Å². The lowest BCUT2D eigenvalue weighted by Crippen LogP contribution is -2.21. The third kappa shape index (κ3) is 3.43. The molecule has 11 heavy (non-hydrogen) atoms. The molecule has 1 nitrogen and oxygen atoms in total. The Morgan fingerprint density at radius 2 is 2.18 bits per heavy atom. The van der Waals surface area contributed by atoms with Crippen LogP contribution in [0, 0.1) is 18.3 Å². The van der Waals surface area contributed by atoms with E-state index < -0.39 is 0 Å². The predicted octanol–water partition coefficient (Wildman–Crippen LogP) is 1.79. The first kappa shape index (κ1) is 8.62. The van der Waals surface area contributed by atoms with E-state index in [1.165, 1.54) is 25.7 Å². The van der Waals surface area contributed by atoms with Crippen molar-refractivity contribution in [2.75, 3.05) is 13.1 Å². The van der Waals surface area contributed by atoms with Crippen molar-refractivity contribution in [1.29, 1.82) is 0 Å². The Morgan fingerprint density at radius 3 is 2.73 bits per heavy atom. The van der Waals surface area contributed by atoms with Crippen LogP contribution in [0.4, 0.5) is 0 Å². The topological polar surface area (TPSA) is 12.0 Å². The van der Waals surface area contributed by atoms with Crippen molar-refractivity contribution in [3.05, 3.63) is 0 Å². The fourth-order valence-corrected chi connectivity index (χ4v) is 1.37. The van der Waals surface area contributed by atoms with Crippen molar-refractivity contribution in [3.8, 4) is 12.3 Å². The van der Waals surface area contributed by atoms with Crippen LogP contribution in [-0.2, 0) is 0 Å². The molecule has 0 aromatic rings. The molecule has 0 heterocycles. The second-order valence-corrected chi connectivity index (χ2v) is 3.29. The molecule has 0 atom stereocenters. The molecule has 1 aliphatic rings. The van der Waals surface area contributed by atoms with Gasteiger partial charge in [0.2, 0.25) is 0 Å². The molecular formula is C10H17N. The Kier molecular flexibility index (Phi) is 4.08. The third-order valence-corrected chi connectivity index (χ3v) is 2.40. The smallest absolute Gasteiger partial charge is 0.0211 e. The van der Waals surface area contributed by atoms with Gasteiger partial charge >= 0.3 is 0 Å². The lowest BCUT2D eigenvalue weighted by atomic mass is 9.83. The van der Waals surface area contributed by atoms with E-state index in [0.29, 0.717) is 0 Å². The van der Waals surface area contributed by atoms with Gasteiger partial charge in [-0.1, -0.05) is 19.3 Å². The Bertz CT molecular complexity index is 130. The van der Waals surface area contributed by atoms with E-state index in [1.807, 2.05) is 0 Å². The van der Waals surface area contributed by atoms with Crippen molar-refractivity contribution in [3.63, 3.8) is 0 Å². The van der Waals surface area contributed by atoms with Crippen molar-refractivity contribution >= 4 is 0 Å². The predicted molar refractivity (Wildman–Crippen MR) is 48.3 cm³/mol. The van der Waals surface area contributed by atoms with Gasteiger partial charge in [-0.15, -0.1) is 12.3 Å². The van der Waals surface area contributed by atoms with Crippen LogP contribution in [0.25, 0.3) is 0 Å². The fraction of sp³-hybridized carbons (Fsp3) is 0.800. The number of hydrogen-bond acceptors (Lipinski definition) is 1.